The standard InChI is InChI=1S/C12H18N2OS/c1-8(2)6-7-16-11-9-4-3-5-10(9)13-12(15)14-11/h8-9H,3-7H2,1-2H3. The Morgan fingerprint density at radius 1 is 1.44 bits per heavy atom. The minimum absolute atomic E-state index is 0.291. The van der Waals surface area contributed by atoms with Crippen LogP contribution in [0, 0.1) is 11.8 Å². The number of rotatable bonds is 3. The predicted molar refractivity (Wildman–Crippen MR) is 69.5 cm³/mol. The fourth-order valence-electron chi connectivity index (χ4n) is 2.08. The molecule has 1 aliphatic heterocycles. The topological polar surface area (TPSA) is 41.8 Å². The maximum atomic E-state index is 11.3. The molecule has 0 saturated heterocycles. The van der Waals surface area contributed by atoms with Crippen LogP contribution in [0.2, 0.25) is 0 Å². The van der Waals surface area contributed by atoms with Crippen LogP contribution in [0.25, 0.3) is 0 Å². The molecule has 0 aromatic rings. The van der Waals surface area contributed by atoms with Crippen molar-refractivity contribution in [2.24, 2.45) is 21.8 Å². The molecule has 1 fully saturated rings. The monoisotopic (exact) mass is 238 g/mol. The minimum atomic E-state index is -0.291. The van der Waals surface area contributed by atoms with E-state index in [9.17, 15) is 4.79 Å². The van der Waals surface area contributed by atoms with Gasteiger partial charge in [0.25, 0.3) is 0 Å². The zero-order chi connectivity index (χ0) is 11.5. The van der Waals surface area contributed by atoms with Gasteiger partial charge in [-0.25, -0.2) is 9.79 Å². The quantitative estimate of drug-likeness (QED) is 0.754. The smallest absolute Gasteiger partial charge is 0.244 e. The number of amides is 2. The van der Waals surface area contributed by atoms with Crippen molar-refractivity contribution in [3.8, 4) is 0 Å². The zero-order valence-corrected chi connectivity index (χ0v) is 10.7. The molecule has 0 spiro atoms. The summed E-state index contributed by atoms with van der Waals surface area (Å²) in [4.78, 5) is 19.4. The van der Waals surface area contributed by atoms with E-state index in [1.165, 1.54) is 6.42 Å². The second-order valence-corrected chi connectivity index (χ2v) is 5.93. The minimum Gasteiger partial charge on any atom is -0.244 e. The highest BCUT2D eigenvalue weighted by Gasteiger charge is 2.31. The molecule has 0 bridgehead atoms. The number of fused-ring (bicyclic) bond motifs is 1. The van der Waals surface area contributed by atoms with Crippen LogP contribution in [0.15, 0.2) is 9.98 Å². The molecular formula is C12H18N2OS. The van der Waals surface area contributed by atoms with Gasteiger partial charge < -0.3 is 0 Å². The molecule has 1 atom stereocenters. The summed E-state index contributed by atoms with van der Waals surface area (Å²) in [7, 11) is 0. The van der Waals surface area contributed by atoms with E-state index in [2.05, 4.69) is 23.8 Å². The molecule has 3 nitrogen and oxygen atoms in total. The predicted octanol–water partition coefficient (Wildman–Crippen LogP) is 3.54. The molecule has 1 saturated carbocycles. The summed E-state index contributed by atoms with van der Waals surface area (Å²) in [6.45, 7) is 4.44. The number of nitrogens with zero attached hydrogens (tertiary/aromatic N) is 2. The van der Waals surface area contributed by atoms with E-state index < -0.39 is 0 Å². The van der Waals surface area contributed by atoms with Crippen LogP contribution in [0.3, 0.4) is 0 Å². The molecule has 1 aliphatic carbocycles. The number of hydrogen-bond acceptors (Lipinski definition) is 2. The van der Waals surface area contributed by atoms with E-state index in [-0.39, 0.29) is 6.03 Å². The van der Waals surface area contributed by atoms with Gasteiger partial charge in [0.2, 0.25) is 0 Å². The lowest BCUT2D eigenvalue weighted by molar-refractivity contribution is 0.256. The van der Waals surface area contributed by atoms with Crippen molar-refractivity contribution in [2.75, 3.05) is 5.75 Å². The molecule has 0 N–H and O–H groups in total. The van der Waals surface area contributed by atoms with Crippen molar-refractivity contribution in [1.82, 2.24) is 0 Å². The number of hydrogen-bond donors (Lipinski definition) is 0. The van der Waals surface area contributed by atoms with E-state index in [1.807, 2.05) is 0 Å². The average Bonchev–Trinajstić information content (AvgIpc) is 2.64. The first-order chi connectivity index (χ1) is 7.66. The summed E-state index contributed by atoms with van der Waals surface area (Å²) < 4.78 is 0. The third-order valence-electron chi connectivity index (χ3n) is 3.02. The normalized spacial score (nSPS) is 24.4. The lowest BCUT2D eigenvalue weighted by Gasteiger charge is -2.17. The van der Waals surface area contributed by atoms with Crippen LogP contribution in [0.1, 0.15) is 39.5 Å². The van der Waals surface area contributed by atoms with Gasteiger partial charge in [0.15, 0.2) is 0 Å². The van der Waals surface area contributed by atoms with Gasteiger partial charge in [-0.2, -0.15) is 4.99 Å². The number of carbonyl (C=O) groups excluding carboxylic acids is 1. The average molecular weight is 238 g/mol. The third-order valence-corrected chi connectivity index (χ3v) is 4.13. The number of thioether (sulfide) groups is 1. The van der Waals surface area contributed by atoms with Crippen LogP contribution < -0.4 is 0 Å². The van der Waals surface area contributed by atoms with Crippen LogP contribution in [0.5, 0.6) is 0 Å². The summed E-state index contributed by atoms with van der Waals surface area (Å²) in [6.07, 6.45) is 4.44. The first kappa shape index (κ1) is 11.8. The highest BCUT2D eigenvalue weighted by Crippen LogP contribution is 2.31. The number of aliphatic imine (C=N–C) groups is 2. The molecular weight excluding hydrogens is 220 g/mol. The molecule has 88 valence electrons. The molecule has 0 aromatic carbocycles. The third kappa shape index (κ3) is 2.73. The Balaban J connectivity index is 1.95. The van der Waals surface area contributed by atoms with Crippen molar-refractivity contribution < 1.29 is 4.79 Å². The Morgan fingerprint density at radius 2 is 2.25 bits per heavy atom. The lowest BCUT2D eigenvalue weighted by atomic mass is 10.1. The largest absolute Gasteiger partial charge is 0.367 e. The van der Waals surface area contributed by atoms with E-state index in [4.69, 9.17) is 0 Å². The van der Waals surface area contributed by atoms with Gasteiger partial charge in [0.1, 0.15) is 0 Å². The highest BCUT2D eigenvalue weighted by molar-refractivity contribution is 8.14. The molecule has 0 aromatic heterocycles. The fraction of sp³-hybridized carbons (Fsp3) is 0.750. The second-order valence-electron chi connectivity index (χ2n) is 4.81. The summed E-state index contributed by atoms with van der Waals surface area (Å²) >= 11 is 1.75. The SMILES string of the molecule is CC(C)CCSC1=NC(=O)N=C2CCCC21. The Hall–Kier alpha value is -0.640. The van der Waals surface area contributed by atoms with Gasteiger partial charge in [0, 0.05) is 11.6 Å². The molecule has 1 heterocycles. The molecule has 1 unspecified atom stereocenters. The Bertz CT molecular complexity index is 347. The van der Waals surface area contributed by atoms with Gasteiger partial charge in [-0.3, -0.25) is 0 Å². The molecule has 2 rings (SSSR count). The van der Waals surface area contributed by atoms with Crippen LogP contribution in [-0.2, 0) is 0 Å². The Kier molecular flexibility index (Phi) is 3.79. The zero-order valence-electron chi connectivity index (χ0n) is 9.90. The second kappa shape index (κ2) is 5.13. The molecule has 16 heavy (non-hydrogen) atoms. The van der Waals surface area contributed by atoms with Crippen molar-refractivity contribution >= 4 is 28.5 Å². The van der Waals surface area contributed by atoms with E-state index in [0.29, 0.717) is 11.8 Å². The molecule has 2 aliphatic rings. The summed E-state index contributed by atoms with van der Waals surface area (Å²) in [5, 5.41) is 1.02. The van der Waals surface area contributed by atoms with Crippen molar-refractivity contribution in [3.05, 3.63) is 0 Å². The molecule has 0 radical (unpaired) electrons. The van der Waals surface area contributed by atoms with Crippen LogP contribution in [0.4, 0.5) is 4.79 Å². The van der Waals surface area contributed by atoms with E-state index in [1.54, 1.807) is 11.8 Å². The first-order valence-corrected chi connectivity index (χ1v) is 6.98. The summed E-state index contributed by atoms with van der Waals surface area (Å²) in [5.74, 6) is 2.15. The van der Waals surface area contributed by atoms with Gasteiger partial charge in [-0.15, -0.1) is 11.8 Å². The Morgan fingerprint density at radius 3 is 3.00 bits per heavy atom. The maximum Gasteiger partial charge on any atom is 0.367 e. The highest BCUT2D eigenvalue weighted by atomic mass is 32.2. The van der Waals surface area contributed by atoms with Crippen LogP contribution in [-0.4, -0.2) is 22.5 Å². The van der Waals surface area contributed by atoms with E-state index >= 15 is 0 Å². The molecule has 2 amide bonds. The van der Waals surface area contributed by atoms with Gasteiger partial charge in [-0.05, 0) is 37.4 Å². The summed E-state index contributed by atoms with van der Waals surface area (Å²) in [6, 6.07) is -0.291. The summed E-state index contributed by atoms with van der Waals surface area (Å²) in [5.41, 5.74) is 1.08. The lowest BCUT2D eigenvalue weighted by Crippen LogP contribution is -2.22. The first-order valence-electron chi connectivity index (χ1n) is 5.99. The fourth-order valence-corrected chi connectivity index (χ4v) is 3.48. The van der Waals surface area contributed by atoms with Gasteiger partial charge >= 0.3 is 6.03 Å². The van der Waals surface area contributed by atoms with E-state index in [0.717, 1.165) is 35.8 Å². The number of urea groups is 1. The molecule has 4 heteroatoms. The van der Waals surface area contributed by atoms with Crippen molar-refractivity contribution in [1.29, 1.82) is 0 Å². The van der Waals surface area contributed by atoms with Gasteiger partial charge in [0.05, 0.1) is 5.04 Å². The maximum absolute atomic E-state index is 11.3. The van der Waals surface area contributed by atoms with Crippen LogP contribution >= 0.6 is 11.8 Å². The number of carbonyl (C=O) groups is 1. The Labute approximate surface area is 101 Å². The van der Waals surface area contributed by atoms with Crippen molar-refractivity contribution in [3.63, 3.8) is 0 Å². The van der Waals surface area contributed by atoms with Crippen molar-refractivity contribution in [2.45, 2.75) is 39.5 Å². The van der Waals surface area contributed by atoms with Gasteiger partial charge in [-0.1, -0.05) is 13.8 Å².